The molecule has 1 atom stereocenters. The molecule has 1 aromatic carbocycles. The number of nitrogens with zero attached hydrogens (tertiary/aromatic N) is 3. The molecule has 0 aliphatic carbocycles. The number of carbonyl (C=O) groups excluding carboxylic acids is 2. The van der Waals surface area contributed by atoms with Gasteiger partial charge >= 0.3 is 6.09 Å². The number of hydrogen-bond acceptors (Lipinski definition) is 5. The number of nitrogens with one attached hydrogen (secondary N) is 1. The summed E-state index contributed by atoms with van der Waals surface area (Å²) in [4.78, 5) is 26.3. The number of rotatable bonds is 4. The van der Waals surface area contributed by atoms with Gasteiger partial charge < -0.3 is 15.0 Å². The summed E-state index contributed by atoms with van der Waals surface area (Å²) in [7, 11) is 0. The molecule has 0 radical (unpaired) electrons. The first kappa shape index (κ1) is 18.7. The second-order valence-electron chi connectivity index (χ2n) is 6.70. The van der Waals surface area contributed by atoms with Crippen molar-refractivity contribution in [2.45, 2.75) is 26.4 Å². The summed E-state index contributed by atoms with van der Waals surface area (Å²) < 4.78 is 19.9. The fourth-order valence-corrected chi connectivity index (χ4v) is 3.27. The summed E-state index contributed by atoms with van der Waals surface area (Å²) in [5, 5.41) is 11.6. The van der Waals surface area contributed by atoms with Gasteiger partial charge in [-0.05, 0) is 37.1 Å². The number of allylic oxidation sites excluding steroid dienone is 1. The van der Waals surface area contributed by atoms with Crippen molar-refractivity contribution >= 4 is 23.4 Å². The maximum Gasteiger partial charge on any atom is 0.414 e. The highest BCUT2D eigenvalue weighted by molar-refractivity contribution is 5.90. The molecule has 2 aliphatic heterocycles. The van der Waals surface area contributed by atoms with Crippen LogP contribution >= 0.6 is 0 Å². The van der Waals surface area contributed by atoms with Crippen LogP contribution in [0.5, 0.6) is 0 Å². The lowest BCUT2D eigenvalue weighted by Gasteiger charge is -2.20. The van der Waals surface area contributed by atoms with Gasteiger partial charge in [-0.25, -0.2) is 9.18 Å². The van der Waals surface area contributed by atoms with E-state index >= 15 is 0 Å². The first-order valence-electron chi connectivity index (χ1n) is 8.75. The second kappa shape index (κ2) is 7.66. The average molecular weight is 372 g/mol. The Balaban J connectivity index is 1.71. The number of anilines is 2. The number of nitriles is 1. The Labute approximate surface area is 157 Å². The van der Waals surface area contributed by atoms with Crippen molar-refractivity contribution in [1.29, 1.82) is 5.26 Å². The van der Waals surface area contributed by atoms with Crippen molar-refractivity contribution in [1.82, 2.24) is 5.32 Å². The molecule has 2 heterocycles. The lowest BCUT2D eigenvalue weighted by Crippen LogP contribution is -2.33. The number of amides is 2. The molecule has 3 rings (SSSR count). The lowest BCUT2D eigenvalue weighted by atomic mass is 10.1. The van der Waals surface area contributed by atoms with Crippen molar-refractivity contribution in [3.63, 3.8) is 0 Å². The average Bonchev–Trinajstić information content (AvgIpc) is 3.26. The minimum absolute atomic E-state index is 0.203. The molecule has 2 aliphatic rings. The third-order valence-corrected chi connectivity index (χ3v) is 4.80. The fourth-order valence-electron chi connectivity index (χ4n) is 3.27. The molecule has 0 spiro atoms. The molecule has 2 fully saturated rings. The Morgan fingerprint density at radius 2 is 2.22 bits per heavy atom. The zero-order valence-electron chi connectivity index (χ0n) is 15.3. The maximum atomic E-state index is 14.7. The molecule has 1 aromatic rings. The molecule has 2 saturated heterocycles. The van der Waals surface area contributed by atoms with E-state index in [0.717, 1.165) is 12.0 Å². The van der Waals surface area contributed by atoms with Crippen LogP contribution in [0.1, 0.15) is 20.3 Å². The van der Waals surface area contributed by atoms with Crippen molar-refractivity contribution in [3.8, 4) is 6.07 Å². The predicted octanol–water partition coefficient (Wildman–Crippen LogP) is 2.34. The Kier molecular flexibility index (Phi) is 5.31. The number of benzene rings is 1. The number of cyclic esters (lactones) is 1. The summed E-state index contributed by atoms with van der Waals surface area (Å²) in [6, 6.07) is 6.78. The molecule has 0 aromatic heterocycles. The summed E-state index contributed by atoms with van der Waals surface area (Å²) in [6.45, 7) is 4.80. The van der Waals surface area contributed by atoms with Gasteiger partial charge in [0.25, 0.3) is 0 Å². The highest BCUT2D eigenvalue weighted by atomic mass is 19.1. The van der Waals surface area contributed by atoms with Gasteiger partial charge in [-0.2, -0.15) is 5.26 Å². The molecule has 0 saturated carbocycles. The van der Waals surface area contributed by atoms with E-state index in [-0.39, 0.29) is 19.0 Å². The molecule has 142 valence electrons. The Bertz CT molecular complexity index is 846. The van der Waals surface area contributed by atoms with E-state index in [0.29, 0.717) is 30.0 Å². The van der Waals surface area contributed by atoms with E-state index < -0.39 is 18.0 Å². The quantitative estimate of drug-likeness (QED) is 0.820. The third kappa shape index (κ3) is 4.03. The molecule has 0 bridgehead atoms. The van der Waals surface area contributed by atoms with Crippen LogP contribution in [0.25, 0.3) is 0 Å². The molecular weight excluding hydrogens is 351 g/mol. The van der Waals surface area contributed by atoms with Gasteiger partial charge in [0.15, 0.2) is 0 Å². The van der Waals surface area contributed by atoms with Crippen LogP contribution in [-0.2, 0) is 9.53 Å². The third-order valence-electron chi connectivity index (χ3n) is 4.80. The molecule has 1 N–H and O–H groups in total. The van der Waals surface area contributed by atoms with E-state index in [4.69, 9.17) is 10.00 Å². The second-order valence-corrected chi connectivity index (χ2v) is 6.70. The minimum atomic E-state index is -0.562. The van der Waals surface area contributed by atoms with Crippen molar-refractivity contribution < 1.29 is 18.7 Å². The molecular formula is C19H21FN4O3. The molecule has 27 heavy (non-hydrogen) atoms. The monoisotopic (exact) mass is 372 g/mol. The van der Waals surface area contributed by atoms with E-state index in [2.05, 4.69) is 11.4 Å². The highest BCUT2D eigenvalue weighted by Crippen LogP contribution is 2.31. The van der Waals surface area contributed by atoms with Crippen LogP contribution in [0.2, 0.25) is 0 Å². The van der Waals surface area contributed by atoms with Gasteiger partial charge in [0.2, 0.25) is 5.91 Å². The van der Waals surface area contributed by atoms with Crippen LogP contribution in [0.4, 0.5) is 20.6 Å². The highest BCUT2D eigenvalue weighted by Gasteiger charge is 2.33. The summed E-state index contributed by atoms with van der Waals surface area (Å²) >= 11 is 0. The van der Waals surface area contributed by atoms with E-state index in [9.17, 15) is 14.0 Å². The number of hydrogen-bond donors (Lipinski definition) is 1. The fraction of sp³-hybridized carbons (Fsp3) is 0.421. The molecule has 8 heteroatoms. The zero-order valence-corrected chi connectivity index (χ0v) is 15.3. The lowest BCUT2D eigenvalue weighted by molar-refractivity contribution is -0.119. The molecule has 0 unspecified atom stereocenters. The predicted molar refractivity (Wildman–Crippen MR) is 97.8 cm³/mol. The SMILES string of the molecule is CC(=O)NC[C@H]1CN(c2ccc(N3CC/C(=C(\C)C#N)C3)c(F)c2)C(=O)O1. The van der Waals surface area contributed by atoms with Gasteiger partial charge in [-0.1, -0.05) is 0 Å². The van der Waals surface area contributed by atoms with E-state index in [1.807, 2.05) is 4.90 Å². The smallest absolute Gasteiger partial charge is 0.414 e. The first-order valence-corrected chi connectivity index (χ1v) is 8.75. The van der Waals surface area contributed by atoms with Gasteiger partial charge in [0, 0.05) is 25.6 Å². The number of carbonyl (C=O) groups is 2. The summed E-state index contributed by atoms with van der Waals surface area (Å²) in [5.41, 5.74) is 2.56. The van der Waals surface area contributed by atoms with Gasteiger partial charge in [0.05, 0.1) is 30.5 Å². The van der Waals surface area contributed by atoms with Gasteiger partial charge in [-0.3, -0.25) is 9.69 Å². The summed E-state index contributed by atoms with van der Waals surface area (Å²) in [5.74, 6) is -0.632. The molecule has 7 nitrogen and oxygen atoms in total. The minimum Gasteiger partial charge on any atom is -0.442 e. The Morgan fingerprint density at radius 1 is 1.44 bits per heavy atom. The van der Waals surface area contributed by atoms with E-state index in [1.54, 1.807) is 19.1 Å². The maximum absolute atomic E-state index is 14.7. The first-order chi connectivity index (χ1) is 12.9. The zero-order chi connectivity index (χ0) is 19.6. The largest absolute Gasteiger partial charge is 0.442 e. The van der Waals surface area contributed by atoms with Crippen LogP contribution in [-0.4, -0.2) is 44.3 Å². The van der Waals surface area contributed by atoms with Crippen molar-refractivity contribution in [2.24, 2.45) is 0 Å². The molecule has 2 amide bonds. The Hall–Kier alpha value is -3.08. The Morgan fingerprint density at radius 3 is 2.89 bits per heavy atom. The van der Waals surface area contributed by atoms with Crippen LogP contribution < -0.4 is 15.1 Å². The van der Waals surface area contributed by atoms with Crippen molar-refractivity contribution in [2.75, 3.05) is 36.0 Å². The van der Waals surface area contributed by atoms with Gasteiger partial charge in [-0.15, -0.1) is 0 Å². The number of ether oxygens (including phenoxy) is 1. The van der Waals surface area contributed by atoms with Gasteiger partial charge in [0.1, 0.15) is 11.9 Å². The normalized spacial score (nSPS) is 21.1. The van der Waals surface area contributed by atoms with Crippen molar-refractivity contribution in [3.05, 3.63) is 35.2 Å². The topological polar surface area (TPSA) is 85.7 Å². The van der Waals surface area contributed by atoms with Crippen LogP contribution in [0.3, 0.4) is 0 Å². The standard InChI is InChI=1S/C19H21FN4O3/c1-12(8-21)14-5-6-23(10-14)18-4-3-15(7-17(18)20)24-11-16(27-19(24)26)9-22-13(2)25/h3-4,7,16H,5-6,9-11H2,1-2H3,(H,22,25)/b14-12-/t16-/m0/s1. The van der Waals surface area contributed by atoms with Crippen LogP contribution in [0, 0.1) is 17.1 Å². The van der Waals surface area contributed by atoms with E-state index in [1.165, 1.54) is 17.9 Å². The summed E-state index contributed by atoms with van der Waals surface area (Å²) in [6.07, 6.45) is -0.290. The van der Waals surface area contributed by atoms with Crippen LogP contribution in [0.15, 0.2) is 29.3 Å². The number of halogens is 1.